The predicted octanol–water partition coefficient (Wildman–Crippen LogP) is 5.90. The molecule has 154 valence electrons. The van der Waals surface area contributed by atoms with Crippen LogP contribution in [0.25, 0.3) is 0 Å². The zero-order chi connectivity index (χ0) is 20.0. The predicted molar refractivity (Wildman–Crippen MR) is 111 cm³/mol. The molecule has 0 fully saturated rings. The summed E-state index contributed by atoms with van der Waals surface area (Å²) in [5.41, 5.74) is 0. The highest BCUT2D eigenvalue weighted by molar-refractivity contribution is 5.86. The van der Waals surface area contributed by atoms with Crippen molar-refractivity contribution in [1.29, 1.82) is 0 Å². The summed E-state index contributed by atoms with van der Waals surface area (Å²) < 4.78 is 5.18. The van der Waals surface area contributed by atoms with Crippen LogP contribution in [0.4, 0.5) is 0 Å². The van der Waals surface area contributed by atoms with Gasteiger partial charge in [-0.2, -0.15) is 0 Å². The van der Waals surface area contributed by atoms with E-state index in [-0.39, 0.29) is 11.9 Å². The summed E-state index contributed by atoms with van der Waals surface area (Å²) in [6.45, 7) is 8.31. The first-order chi connectivity index (χ1) is 12.5. The number of nitrogens with zero attached hydrogens (tertiary/aromatic N) is 1. The van der Waals surface area contributed by atoms with E-state index < -0.39 is 0 Å². The molecule has 0 saturated carbocycles. The number of carbonyl (C=O) groups is 2. The Kier molecular flexibility index (Phi) is 22.5. The van der Waals surface area contributed by atoms with E-state index in [9.17, 15) is 9.59 Å². The van der Waals surface area contributed by atoms with Gasteiger partial charge in [0.15, 0.2) is 0 Å². The number of ether oxygens (including phenoxy) is 1. The maximum atomic E-state index is 11.4. The molecule has 0 heterocycles. The van der Waals surface area contributed by atoms with Crippen LogP contribution in [-0.2, 0) is 14.3 Å². The maximum Gasteiger partial charge on any atom is 0.305 e. The van der Waals surface area contributed by atoms with Crippen molar-refractivity contribution in [2.45, 2.75) is 97.3 Å². The second kappa shape index (κ2) is 21.7. The minimum atomic E-state index is -0.0556. The van der Waals surface area contributed by atoms with E-state index in [1.807, 2.05) is 0 Å². The Morgan fingerprint density at radius 2 is 1.27 bits per heavy atom. The van der Waals surface area contributed by atoms with Gasteiger partial charge in [-0.25, -0.2) is 0 Å². The van der Waals surface area contributed by atoms with Crippen LogP contribution in [0.5, 0.6) is 0 Å². The molecule has 0 aromatic heterocycles. The minimum Gasteiger partial charge on any atom is -0.466 e. The summed E-state index contributed by atoms with van der Waals surface area (Å²) in [5, 5.41) is 0. The average Bonchev–Trinajstić information content (AvgIpc) is 2.63. The molecule has 0 aliphatic heterocycles. The minimum absolute atomic E-state index is 0.000881. The summed E-state index contributed by atoms with van der Waals surface area (Å²) in [5.74, 6) is -0.0564. The van der Waals surface area contributed by atoms with Gasteiger partial charge in [-0.15, -0.1) is 0 Å². The third kappa shape index (κ3) is 22.7. The highest BCUT2D eigenvalue weighted by Crippen LogP contribution is 2.10. The Bertz CT molecular complexity index is 340. The molecule has 26 heavy (non-hydrogen) atoms. The molecule has 0 aliphatic rings. The van der Waals surface area contributed by atoms with E-state index in [0.717, 1.165) is 19.3 Å². The molecule has 0 N–H and O–H groups in total. The van der Waals surface area contributed by atoms with Gasteiger partial charge in [0.05, 0.1) is 6.61 Å². The molecule has 4 nitrogen and oxygen atoms in total. The van der Waals surface area contributed by atoms with E-state index in [2.05, 4.69) is 20.4 Å². The molecule has 0 unspecified atom stereocenters. The molecule has 0 spiro atoms. The van der Waals surface area contributed by atoms with Crippen molar-refractivity contribution in [1.82, 2.24) is 4.90 Å². The largest absolute Gasteiger partial charge is 0.466 e. The quantitative estimate of drug-likeness (QED) is 0.205. The molecule has 0 saturated heterocycles. The fourth-order valence-electron chi connectivity index (χ4n) is 2.37. The molecule has 4 heteroatoms. The van der Waals surface area contributed by atoms with Crippen molar-refractivity contribution in [3.05, 3.63) is 12.7 Å². The lowest BCUT2D eigenvalue weighted by atomic mass is 10.1. The number of hydrogen-bond donors (Lipinski definition) is 0. The topological polar surface area (TPSA) is 46.6 Å². The van der Waals surface area contributed by atoms with Crippen LogP contribution in [0.2, 0.25) is 0 Å². The molecule has 0 radical (unpaired) electrons. The first-order valence-corrected chi connectivity index (χ1v) is 10.5. The van der Waals surface area contributed by atoms with Crippen molar-refractivity contribution in [3.8, 4) is 0 Å². The van der Waals surface area contributed by atoms with Crippen molar-refractivity contribution >= 4 is 11.9 Å². The molecule has 0 rings (SSSR count). The van der Waals surface area contributed by atoms with Crippen LogP contribution in [0.3, 0.4) is 0 Å². The zero-order valence-corrected chi connectivity index (χ0v) is 17.9. The van der Waals surface area contributed by atoms with E-state index in [4.69, 9.17) is 4.74 Å². The van der Waals surface area contributed by atoms with Crippen LogP contribution in [0.15, 0.2) is 12.7 Å². The summed E-state index contributed by atoms with van der Waals surface area (Å²) in [6.07, 6.45) is 16.9. The molecule has 1 amide bonds. The van der Waals surface area contributed by atoms with E-state index in [1.165, 1.54) is 68.8 Å². The van der Waals surface area contributed by atoms with E-state index >= 15 is 0 Å². The first-order valence-electron chi connectivity index (χ1n) is 10.5. The van der Waals surface area contributed by atoms with E-state index in [0.29, 0.717) is 13.0 Å². The Balaban J connectivity index is 0. The molecule has 0 bridgehead atoms. The molecular weight excluding hydrogens is 326 g/mol. The van der Waals surface area contributed by atoms with Gasteiger partial charge in [-0.3, -0.25) is 9.59 Å². The lowest BCUT2D eigenvalue weighted by Crippen LogP contribution is -2.18. The van der Waals surface area contributed by atoms with Gasteiger partial charge >= 0.3 is 5.97 Å². The van der Waals surface area contributed by atoms with Gasteiger partial charge in [0.1, 0.15) is 0 Å². The van der Waals surface area contributed by atoms with Gasteiger partial charge in [0, 0.05) is 20.5 Å². The fourth-order valence-corrected chi connectivity index (χ4v) is 2.37. The van der Waals surface area contributed by atoms with Crippen molar-refractivity contribution in [2.24, 2.45) is 0 Å². The second-order valence-corrected chi connectivity index (χ2v) is 6.94. The maximum absolute atomic E-state index is 11.4. The fraction of sp³-hybridized carbons (Fsp3) is 0.818. The summed E-state index contributed by atoms with van der Waals surface area (Å²) in [6, 6.07) is 0. The zero-order valence-electron chi connectivity index (χ0n) is 17.9. The number of amides is 1. The van der Waals surface area contributed by atoms with Crippen LogP contribution < -0.4 is 0 Å². The molecular formula is C22H43NO3. The van der Waals surface area contributed by atoms with Gasteiger partial charge in [0.25, 0.3) is 0 Å². The third-order valence-electron chi connectivity index (χ3n) is 4.11. The van der Waals surface area contributed by atoms with Crippen molar-refractivity contribution in [2.75, 3.05) is 20.7 Å². The monoisotopic (exact) mass is 369 g/mol. The number of hydrogen-bond acceptors (Lipinski definition) is 3. The number of esters is 1. The lowest BCUT2D eigenvalue weighted by Gasteiger charge is -2.04. The van der Waals surface area contributed by atoms with Crippen LogP contribution in [0.1, 0.15) is 97.3 Å². The molecule has 0 aromatic carbocycles. The summed E-state index contributed by atoms with van der Waals surface area (Å²) in [4.78, 5) is 23.2. The Morgan fingerprint density at radius 1 is 0.808 bits per heavy atom. The third-order valence-corrected chi connectivity index (χ3v) is 4.11. The van der Waals surface area contributed by atoms with Crippen molar-refractivity contribution < 1.29 is 14.3 Å². The van der Waals surface area contributed by atoms with Gasteiger partial charge in [0.2, 0.25) is 5.91 Å². The van der Waals surface area contributed by atoms with Gasteiger partial charge < -0.3 is 9.64 Å². The van der Waals surface area contributed by atoms with Crippen molar-refractivity contribution in [3.63, 3.8) is 0 Å². The number of likely N-dealkylation sites (N-methyl/N-ethyl adjacent to an activating group) is 1. The normalized spacial score (nSPS) is 9.85. The van der Waals surface area contributed by atoms with Gasteiger partial charge in [-0.1, -0.05) is 84.6 Å². The number of rotatable bonds is 15. The molecule has 0 aliphatic carbocycles. The Morgan fingerprint density at radius 3 is 1.69 bits per heavy atom. The van der Waals surface area contributed by atoms with Crippen LogP contribution in [0, 0.1) is 0 Å². The van der Waals surface area contributed by atoms with E-state index in [1.54, 1.807) is 14.1 Å². The lowest BCUT2D eigenvalue weighted by molar-refractivity contribution is -0.143. The average molecular weight is 370 g/mol. The highest BCUT2D eigenvalue weighted by atomic mass is 16.5. The molecule has 0 atom stereocenters. The summed E-state index contributed by atoms with van der Waals surface area (Å²) >= 11 is 0. The van der Waals surface area contributed by atoms with Gasteiger partial charge in [-0.05, 0) is 18.9 Å². The second-order valence-electron chi connectivity index (χ2n) is 6.94. The smallest absolute Gasteiger partial charge is 0.305 e. The SMILES string of the molecule is C=CC(=O)N(C)C.CCCCCCCCCCCC(=O)OCCCCC. The van der Waals surface area contributed by atoms with Crippen LogP contribution in [-0.4, -0.2) is 37.5 Å². The summed E-state index contributed by atoms with van der Waals surface area (Å²) in [7, 11) is 3.37. The van der Waals surface area contributed by atoms with Crippen LogP contribution >= 0.6 is 0 Å². The molecule has 0 aromatic rings. The Labute approximate surface area is 162 Å². The number of carbonyl (C=O) groups excluding carboxylic acids is 2. The Hall–Kier alpha value is -1.32. The number of unbranched alkanes of at least 4 members (excludes halogenated alkanes) is 10. The highest BCUT2D eigenvalue weighted by Gasteiger charge is 2.02. The standard InChI is InChI=1S/C17H34O2.C5H9NO/c1-3-5-7-8-9-10-11-12-13-15-17(18)19-16-14-6-4-2;1-4-5(7)6(2)3/h3-16H2,1-2H3;4H,1H2,2-3H3. The first kappa shape index (κ1) is 26.9.